The molecule has 0 saturated heterocycles. The summed E-state index contributed by atoms with van der Waals surface area (Å²) < 4.78 is 11.0. The molecule has 2 unspecified atom stereocenters. The van der Waals surface area contributed by atoms with Crippen LogP contribution in [0.4, 0.5) is 0 Å². The summed E-state index contributed by atoms with van der Waals surface area (Å²) in [6, 6.07) is 13.5. The third-order valence-corrected chi connectivity index (χ3v) is 12.3. The Labute approximate surface area is 239 Å². The largest absolute Gasteiger partial charge is 0.497 e. The molecule has 2 saturated carbocycles. The summed E-state index contributed by atoms with van der Waals surface area (Å²) in [5.74, 6) is 7.49. The number of hydrogen-bond donors (Lipinski definition) is 0. The molecule has 0 aromatic heterocycles. The smallest absolute Gasteiger partial charge is 0.147 e. The molecule has 6 aliphatic carbocycles. The summed E-state index contributed by atoms with van der Waals surface area (Å²) in [5.41, 5.74) is 6.06. The molecule has 8 rings (SSSR count). The topological polar surface area (TPSA) is 35.5 Å². The number of Topliss-reactive ketones (excluding diaryl/α,β-unsaturated/α-hetero) is 1. The first-order valence-corrected chi connectivity index (χ1v) is 15.9. The van der Waals surface area contributed by atoms with Crippen molar-refractivity contribution in [3.8, 4) is 11.5 Å². The van der Waals surface area contributed by atoms with Gasteiger partial charge in [-0.25, -0.2) is 0 Å². The first-order chi connectivity index (χ1) is 19.6. The number of methoxy groups -OCH3 is 2. The average Bonchev–Trinajstić information content (AvgIpc) is 3.64. The first kappa shape index (κ1) is 24.9. The summed E-state index contributed by atoms with van der Waals surface area (Å²) >= 11 is 0. The predicted octanol–water partition coefficient (Wildman–Crippen LogP) is 7.69. The number of allylic oxidation sites excluding steroid dienone is 4. The maximum absolute atomic E-state index is 14.3. The SMILES string of the molecule is COc1ccc2c(c1)CC[C@H]1[C@@H]3C=CC(C(=O)C4C=C[C@H]5[C@@H]6CCc7cc(OC)ccc7[C@H]6CC[C@H]45)[C@H]3CC[C@H]21. The van der Waals surface area contributed by atoms with Gasteiger partial charge in [0.25, 0.3) is 0 Å². The van der Waals surface area contributed by atoms with E-state index in [1.807, 2.05) is 0 Å². The Morgan fingerprint density at radius 2 is 1.07 bits per heavy atom. The molecular formula is C37H42O3. The summed E-state index contributed by atoms with van der Waals surface area (Å²) in [6.07, 6.45) is 19.2. The van der Waals surface area contributed by atoms with Crippen LogP contribution in [-0.4, -0.2) is 20.0 Å². The van der Waals surface area contributed by atoms with Crippen LogP contribution in [-0.2, 0) is 17.6 Å². The van der Waals surface area contributed by atoms with Crippen LogP contribution in [0.15, 0.2) is 60.7 Å². The molecule has 2 aromatic rings. The fourth-order valence-electron chi connectivity index (χ4n) is 10.5. The van der Waals surface area contributed by atoms with Crippen molar-refractivity contribution in [2.75, 3.05) is 14.2 Å². The zero-order chi connectivity index (χ0) is 27.0. The number of hydrogen-bond acceptors (Lipinski definition) is 3. The van der Waals surface area contributed by atoms with Crippen molar-refractivity contribution in [1.82, 2.24) is 0 Å². The van der Waals surface area contributed by atoms with Crippen LogP contribution in [0, 0.1) is 47.3 Å². The number of fused-ring (bicyclic) bond motifs is 10. The molecule has 0 bridgehead atoms. The Hall–Kier alpha value is -2.81. The van der Waals surface area contributed by atoms with Gasteiger partial charge in [-0.2, -0.15) is 0 Å². The Bertz CT molecular complexity index is 1280. The molecule has 0 spiro atoms. The van der Waals surface area contributed by atoms with Gasteiger partial charge in [0.2, 0.25) is 0 Å². The molecule has 0 radical (unpaired) electrons. The molecule has 0 N–H and O–H groups in total. The fourth-order valence-corrected chi connectivity index (χ4v) is 10.5. The lowest BCUT2D eigenvalue weighted by Gasteiger charge is -2.46. The molecule has 3 heteroatoms. The Morgan fingerprint density at radius 1 is 0.600 bits per heavy atom. The lowest BCUT2D eigenvalue weighted by Crippen LogP contribution is -2.41. The summed E-state index contributed by atoms with van der Waals surface area (Å²) in [6.45, 7) is 0. The van der Waals surface area contributed by atoms with E-state index in [1.54, 1.807) is 25.3 Å². The van der Waals surface area contributed by atoms with Gasteiger partial charge in [0.05, 0.1) is 14.2 Å². The van der Waals surface area contributed by atoms with Gasteiger partial charge in [0, 0.05) is 11.8 Å². The molecule has 3 nitrogen and oxygen atoms in total. The van der Waals surface area contributed by atoms with Gasteiger partial charge >= 0.3 is 0 Å². The van der Waals surface area contributed by atoms with E-state index in [1.165, 1.54) is 49.7 Å². The summed E-state index contributed by atoms with van der Waals surface area (Å²) in [7, 11) is 3.52. The van der Waals surface area contributed by atoms with Crippen LogP contribution in [0.3, 0.4) is 0 Å². The zero-order valence-electron chi connectivity index (χ0n) is 23.9. The van der Waals surface area contributed by atoms with E-state index >= 15 is 0 Å². The monoisotopic (exact) mass is 534 g/mol. The highest BCUT2D eigenvalue weighted by Gasteiger charge is 2.52. The second kappa shape index (κ2) is 9.64. The first-order valence-electron chi connectivity index (χ1n) is 15.9. The van der Waals surface area contributed by atoms with E-state index in [9.17, 15) is 4.79 Å². The second-order valence-corrected chi connectivity index (χ2v) is 13.6. The Kier molecular flexibility index (Phi) is 6.01. The second-order valence-electron chi connectivity index (χ2n) is 13.6. The highest BCUT2D eigenvalue weighted by Crippen LogP contribution is 2.58. The van der Waals surface area contributed by atoms with Crippen molar-refractivity contribution in [3.05, 3.63) is 83.0 Å². The number of ether oxygens (including phenoxy) is 2. The molecular weight excluding hydrogens is 492 g/mol. The van der Waals surface area contributed by atoms with Gasteiger partial charge in [-0.1, -0.05) is 36.4 Å². The van der Waals surface area contributed by atoms with Crippen molar-refractivity contribution in [2.45, 2.75) is 63.2 Å². The molecule has 208 valence electrons. The normalized spacial score (nSPS) is 38.4. The average molecular weight is 535 g/mol. The number of carbonyl (C=O) groups is 1. The highest BCUT2D eigenvalue weighted by atomic mass is 16.5. The number of benzene rings is 2. The molecule has 0 heterocycles. The lowest BCUT2D eigenvalue weighted by atomic mass is 9.57. The van der Waals surface area contributed by atoms with Crippen LogP contribution in [0.25, 0.3) is 0 Å². The van der Waals surface area contributed by atoms with Gasteiger partial charge in [-0.05, 0) is 145 Å². The number of ketones is 1. The number of rotatable bonds is 4. The third kappa shape index (κ3) is 3.72. The standard InChI is InChI=1S/C37H42O3/c1-39-23-5-9-25-21(19-23)3-7-29-27(25)11-13-33-31(29)15-17-35(33)37(38)36-18-16-32-30-8-4-22-20-24(40-2)6-10-26(22)28(30)12-14-34(32)36/h5-6,9-10,15-20,27-36H,3-4,7-8,11-14H2,1-2H3/t27-,28-,29-,30-,31+,32+,33+,34+,35?,36?/m1/s1. The highest BCUT2D eigenvalue weighted by molar-refractivity contribution is 5.88. The zero-order valence-corrected chi connectivity index (χ0v) is 23.9. The maximum Gasteiger partial charge on any atom is 0.147 e. The maximum atomic E-state index is 14.3. The van der Waals surface area contributed by atoms with E-state index in [0.717, 1.165) is 24.3 Å². The van der Waals surface area contributed by atoms with Gasteiger partial charge in [0.15, 0.2) is 0 Å². The quantitative estimate of drug-likeness (QED) is 0.377. The summed E-state index contributed by atoms with van der Waals surface area (Å²) in [4.78, 5) is 14.3. The van der Waals surface area contributed by atoms with Crippen molar-refractivity contribution in [3.63, 3.8) is 0 Å². The Balaban J connectivity index is 0.977. The van der Waals surface area contributed by atoms with Crippen LogP contribution in [0.1, 0.15) is 72.6 Å². The molecule has 10 atom stereocenters. The molecule has 2 aromatic carbocycles. The lowest BCUT2D eigenvalue weighted by molar-refractivity contribution is -0.128. The summed E-state index contributed by atoms with van der Waals surface area (Å²) in [5, 5.41) is 0. The van der Waals surface area contributed by atoms with E-state index in [4.69, 9.17) is 9.47 Å². The van der Waals surface area contributed by atoms with E-state index < -0.39 is 0 Å². The van der Waals surface area contributed by atoms with Crippen molar-refractivity contribution in [2.24, 2.45) is 47.3 Å². The van der Waals surface area contributed by atoms with E-state index in [2.05, 4.69) is 60.7 Å². The third-order valence-electron chi connectivity index (χ3n) is 12.3. The van der Waals surface area contributed by atoms with Crippen LogP contribution >= 0.6 is 0 Å². The molecule has 40 heavy (non-hydrogen) atoms. The molecule has 0 amide bonds. The van der Waals surface area contributed by atoms with Crippen LogP contribution < -0.4 is 9.47 Å². The van der Waals surface area contributed by atoms with Crippen LogP contribution in [0.5, 0.6) is 11.5 Å². The number of carbonyl (C=O) groups excluding carboxylic acids is 1. The van der Waals surface area contributed by atoms with Gasteiger partial charge in [-0.3, -0.25) is 4.79 Å². The minimum absolute atomic E-state index is 0.119. The van der Waals surface area contributed by atoms with E-state index in [-0.39, 0.29) is 11.8 Å². The minimum Gasteiger partial charge on any atom is -0.497 e. The van der Waals surface area contributed by atoms with Crippen molar-refractivity contribution >= 4 is 5.78 Å². The molecule has 6 aliphatic rings. The van der Waals surface area contributed by atoms with Gasteiger partial charge in [-0.15, -0.1) is 0 Å². The fraction of sp³-hybridized carbons (Fsp3) is 0.541. The molecule has 0 aliphatic heterocycles. The van der Waals surface area contributed by atoms with Gasteiger partial charge in [0.1, 0.15) is 17.3 Å². The van der Waals surface area contributed by atoms with Gasteiger partial charge < -0.3 is 9.47 Å². The number of aryl methyl sites for hydroxylation is 2. The minimum atomic E-state index is 0.119. The predicted molar refractivity (Wildman–Crippen MR) is 158 cm³/mol. The molecule has 2 fully saturated rings. The van der Waals surface area contributed by atoms with Crippen molar-refractivity contribution in [1.29, 1.82) is 0 Å². The van der Waals surface area contributed by atoms with E-state index in [0.29, 0.717) is 53.1 Å². The van der Waals surface area contributed by atoms with Crippen LogP contribution in [0.2, 0.25) is 0 Å². The van der Waals surface area contributed by atoms with Crippen molar-refractivity contribution < 1.29 is 14.3 Å². The Morgan fingerprint density at radius 3 is 1.52 bits per heavy atom.